The molecule has 10 heavy (non-hydrogen) atoms. The summed E-state index contributed by atoms with van der Waals surface area (Å²) in [5.74, 6) is 0. The molecule has 0 amide bonds. The third kappa shape index (κ3) is 2.15. The van der Waals surface area contributed by atoms with Crippen molar-refractivity contribution in [2.75, 3.05) is 7.05 Å². The smallest absolute Gasteiger partial charge is 0.0801 e. The summed E-state index contributed by atoms with van der Waals surface area (Å²) in [6.07, 6.45) is 3.65. The minimum atomic E-state index is 0.938. The molecule has 2 heteroatoms. The predicted octanol–water partition coefficient (Wildman–Crippen LogP) is -0.112. The van der Waals surface area contributed by atoms with Crippen LogP contribution in [0.25, 0.3) is 0 Å². The molecule has 0 radical (unpaired) electrons. The molecular weight excluding hydrogens is 124 g/mol. The first kappa shape index (κ1) is 7.22. The molecule has 1 aromatic heterocycles. The van der Waals surface area contributed by atoms with E-state index < -0.39 is 0 Å². The first-order valence-electron chi connectivity index (χ1n) is 3.32. The highest BCUT2D eigenvalue weighted by molar-refractivity contribution is 5.06. The Bertz CT molecular complexity index is 182. The monoisotopic (exact) mass is 136 g/mol. The van der Waals surface area contributed by atoms with E-state index in [1.807, 2.05) is 19.3 Å². The van der Waals surface area contributed by atoms with Crippen LogP contribution in [0.2, 0.25) is 0 Å². The van der Waals surface area contributed by atoms with E-state index in [9.17, 15) is 0 Å². The predicted molar refractivity (Wildman–Crippen MR) is 40.2 cm³/mol. The standard InChI is InChI=1S/C8H12N2/c1-10(2)7-8-4-3-5-9-6-8/h3-6,10H,1,7H2,2H3. The van der Waals surface area contributed by atoms with E-state index in [-0.39, 0.29) is 0 Å². The molecule has 0 fully saturated rings. The lowest BCUT2D eigenvalue weighted by atomic mass is 10.3. The number of pyridine rings is 1. The van der Waals surface area contributed by atoms with Gasteiger partial charge in [0.05, 0.1) is 6.54 Å². The maximum Gasteiger partial charge on any atom is 0.0801 e. The third-order valence-electron chi connectivity index (χ3n) is 1.23. The average Bonchev–Trinajstić information content (AvgIpc) is 1.88. The largest absolute Gasteiger partial charge is 0.466 e. The molecule has 1 N–H and O–H groups in total. The molecule has 0 saturated heterocycles. The maximum absolute atomic E-state index is 4.00. The van der Waals surface area contributed by atoms with E-state index in [2.05, 4.69) is 18.1 Å². The van der Waals surface area contributed by atoms with Gasteiger partial charge in [0.15, 0.2) is 0 Å². The number of aromatic nitrogens is 1. The van der Waals surface area contributed by atoms with Crippen molar-refractivity contribution in [3.8, 4) is 0 Å². The van der Waals surface area contributed by atoms with Gasteiger partial charge in [0.25, 0.3) is 0 Å². The fourth-order valence-corrected chi connectivity index (χ4v) is 0.851. The molecule has 1 atom stereocenters. The molecule has 2 nitrogen and oxygen atoms in total. The highest BCUT2D eigenvalue weighted by atomic mass is 15.0. The van der Waals surface area contributed by atoms with Gasteiger partial charge < -0.3 is 4.90 Å². The van der Waals surface area contributed by atoms with Crippen LogP contribution < -0.4 is 4.90 Å². The van der Waals surface area contributed by atoms with Crippen LogP contribution >= 0.6 is 0 Å². The molecule has 1 heterocycles. The zero-order chi connectivity index (χ0) is 7.40. The second-order valence-corrected chi connectivity index (χ2v) is 2.50. The summed E-state index contributed by atoms with van der Waals surface area (Å²) < 4.78 is 0. The number of rotatable bonds is 2. The minimum absolute atomic E-state index is 0.938. The van der Waals surface area contributed by atoms with E-state index >= 15 is 0 Å². The Morgan fingerprint density at radius 1 is 1.70 bits per heavy atom. The van der Waals surface area contributed by atoms with Crippen molar-refractivity contribution in [3.63, 3.8) is 0 Å². The Morgan fingerprint density at radius 2 is 2.50 bits per heavy atom. The molecule has 0 bridgehead atoms. The van der Waals surface area contributed by atoms with Crippen LogP contribution in [0.4, 0.5) is 0 Å². The maximum atomic E-state index is 4.00. The second kappa shape index (κ2) is 3.32. The summed E-state index contributed by atoms with van der Waals surface area (Å²) in [5.41, 5.74) is 1.23. The summed E-state index contributed by atoms with van der Waals surface area (Å²) in [7, 11) is 5.84. The SMILES string of the molecule is [CH2-][NH+](C)Cc1cccnc1. The van der Waals surface area contributed by atoms with Gasteiger partial charge in [-0.25, -0.2) is 0 Å². The number of nitrogens with one attached hydrogen (secondary N) is 1. The van der Waals surface area contributed by atoms with Crippen LogP contribution in [-0.2, 0) is 6.54 Å². The lowest BCUT2D eigenvalue weighted by molar-refractivity contribution is -0.846. The lowest BCUT2D eigenvalue weighted by Crippen LogP contribution is -3.01. The molecule has 0 aromatic carbocycles. The van der Waals surface area contributed by atoms with E-state index in [0.29, 0.717) is 0 Å². The molecule has 0 aliphatic carbocycles. The van der Waals surface area contributed by atoms with E-state index in [1.54, 1.807) is 6.20 Å². The van der Waals surface area contributed by atoms with Gasteiger partial charge in [-0.05, 0) is 6.07 Å². The Balaban J connectivity index is 2.59. The molecule has 0 spiro atoms. The van der Waals surface area contributed by atoms with E-state index in [0.717, 1.165) is 6.54 Å². The van der Waals surface area contributed by atoms with Crippen molar-refractivity contribution in [1.29, 1.82) is 0 Å². The number of nitrogens with zero attached hydrogens (tertiary/aromatic N) is 1. The van der Waals surface area contributed by atoms with Gasteiger partial charge >= 0.3 is 0 Å². The van der Waals surface area contributed by atoms with Crippen LogP contribution in [0.5, 0.6) is 0 Å². The highest BCUT2D eigenvalue weighted by Gasteiger charge is 1.91. The summed E-state index contributed by atoms with van der Waals surface area (Å²) in [6, 6.07) is 4.00. The van der Waals surface area contributed by atoms with E-state index in [4.69, 9.17) is 0 Å². The fraction of sp³-hybridized carbons (Fsp3) is 0.250. The normalized spacial score (nSPS) is 13.0. The highest BCUT2D eigenvalue weighted by Crippen LogP contribution is 1.90. The Hall–Kier alpha value is -0.890. The molecule has 54 valence electrons. The first-order valence-corrected chi connectivity index (χ1v) is 3.32. The van der Waals surface area contributed by atoms with Gasteiger partial charge in [-0.2, -0.15) is 7.05 Å². The van der Waals surface area contributed by atoms with Gasteiger partial charge in [0, 0.05) is 25.0 Å². The topological polar surface area (TPSA) is 17.3 Å². The molecule has 0 saturated carbocycles. The molecular formula is C8H12N2. The van der Waals surface area contributed by atoms with Crippen molar-refractivity contribution < 1.29 is 4.90 Å². The Labute approximate surface area is 61.5 Å². The molecule has 1 unspecified atom stereocenters. The van der Waals surface area contributed by atoms with Crippen molar-refractivity contribution in [2.45, 2.75) is 6.54 Å². The van der Waals surface area contributed by atoms with Gasteiger partial charge in [0.1, 0.15) is 0 Å². The summed E-state index contributed by atoms with van der Waals surface area (Å²) in [5, 5.41) is 0. The second-order valence-electron chi connectivity index (χ2n) is 2.50. The first-order chi connectivity index (χ1) is 4.79. The van der Waals surface area contributed by atoms with Gasteiger partial charge in [-0.1, -0.05) is 6.07 Å². The van der Waals surface area contributed by atoms with Crippen molar-refractivity contribution in [1.82, 2.24) is 4.98 Å². The van der Waals surface area contributed by atoms with Crippen molar-refractivity contribution >= 4 is 0 Å². The van der Waals surface area contributed by atoms with Crippen molar-refractivity contribution in [2.24, 2.45) is 0 Å². The zero-order valence-corrected chi connectivity index (χ0v) is 6.17. The van der Waals surface area contributed by atoms with Crippen molar-refractivity contribution in [3.05, 3.63) is 37.1 Å². The average molecular weight is 136 g/mol. The number of quaternary nitrogens is 1. The van der Waals surface area contributed by atoms with E-state index in [1.165, 1.54) is 10.5 Å². The Morgan fingerprint density at radius 3 is 3.00 bits per heavy atom. The van der Waals surface area contributed by atoms with Crippen LogP contribution in [0, 0.1) is 7.05 Å². The Kier molecular flexibility index (Phi) is 2.40. The van der Waals surface area contributed by atoms with Gasteiger partial charge in [-0.15, -0.1) is 0 Å². The van der Waals surface area contributed by atoms with Gasteiger partial charge in [0.2, 0.25) is 0 Å². The van der Waals surface area contributed by atoms with Gasteiger partial charge in [-0.3, -0.25) is 4.98 Å². The number of hydrogen-bond acceptors (Lipinski definition) is 1. The van der Waals surface area contributed by atoms with Crippen LogP contribution in [0.1, 0.15) is 5.56 Å². The van der Waals surface area contributed by atoms with Crippen LogP contribution in [0.15, 0.2) is 24.5 Å². The van der Waals surface area contributed by atoms with Crippen LogP contribution in [0.3, 0.4) is 0 Å². The molecule has 0 aliphatic rings. The number of hydrogen-bond donors (Lipinski definition) is 1. The lowest BCUT2D eigenvalue weighted by Gasteiger charge is -2.12. The third-order valence-corrected chi connectivity index (χ3v) is 1.23. The molecule has 0 aliphatic heterocycles. The summed E-state index contributed by atoms with van der Waals surface area (Å²) in [6.45, 7) is 0.938. The summed E-state index contributed by atoms with van der Waals surface area (Å²) >= 11 is 0. The van der Waals surface area contributed by atoms with Crippen LogP contribution in [-0.4, -0.2) is 12.0 Å². The molecule has 1 aromatic rings. The minimum Gasteiger partial charge on any atom is -0.466 e. The zero-order valence-electron chi connectivity index (χ0n) is 6.17. The quantitative estimate of drug-likeness (QED) is 0.561. The summed E-state index contributed by atoms with van der Waals surface area (Å²) in [4.78, 5) is 5.17. The fourth-order valence-electron chi connectivity index (χ4n) is 0.851. The molecule has 1 rings (SSSR count).